The summed E-state index contributed by atoms with van der Waals surface area (Å²) in [6, 6.07) is 2.23. The van der Waals surface area contributed by atoms with Crippen molar-refractivity contribution in [3.63, 3.8) is 0 Å². The summed E-state index contributed by atoms with van der Waals surface area (Å²) in [5.41, 5.74) is 5.40. The summed E-state index contributed by atoms with van der Waals surface area (Å²) < 4.78 is 1.70. The Balaban J connectivity index is 1.57. The maximum absolute atomic E-state index is 11.1. The van der Waals surface area contributed by atoms with Crippen molar-refractivity contribution in [2.45, 2.75) is 19.4 Å². The van der Waals surface area contributed by atoms with Crippen molar-refractivity contribution in [2.75, 3.05) is 18.0 Å². The molecule has 4 rings (SSSR count). The molecule has 2 N–H and O–H groups in total. The number of carbonyl (C=O) groups is 1. The molecular weight excluding hydrogens is 314 g/mol. The normalized spacial score (nSPS) is 15.1. The molecule has 0 unspecified atom stereocenters. The van der Waals surface area contributed by atoms with Crippen LogP contribution >= 0.6 is 11.3 Å². The summed E-state index contributed by atoms with van der Waals surface area (Å²) in [6.07, 6.45) is 2.41. The molecule has 1 amide bonds. The Hall–Kier alpha value is -2.55. The van der Waals surface area contributed by atoms with Crippen LogP contribution in [0.15, 0.2) is 17.6 Å². The van der Waals surface area contributed by atoms with Gasteiger partial charge in [0.05, 0.1) is 17.6 Å². The van der Waals surface area contributed by atoms with Crippen molar-refractivity contribution in [3.05, 3.63) is 29.2 Å². The van der Waals surface area contributed by atoms with Gasteiger partial charge in [0.2, 0.25) is 0 Å². The van der Waals surface area contributed by atoms with E-state index in [1.807, 2.05) is 5.38 Å². The number of nitrogens with zero attached hydrogens (tertiary/aromatic N) is 6. The Kier molecular flexibility index (Phi) is 3.22. The van der Waals surface area contributed by atoms with Crippen molar-refractivity contribution >= 4 is 33.3 Å². The molecule has 0 aromatic carbocycles. The Bertz CT molecular complexity index is 880. The molecule has 118 valence electrons. The highest BCUT2D eigenvalue weighted by molar-refractivity contribution is 7.16. The minimum atomic E-state index is -0.559. The van der Waals surface area contributed by atoms with E-state index >= 15 is 0 Å². The average molecular weight is 329 g/mol. The third kappa shape index (κ3) is 2.33. The van der Waals surface area contributed by atoms with Gasteiger partial charge in [-0.05, 0) is 11.4 Å². The van der Waals surface area contributed by atoms with E-state index in [-0.39, 0.29) is 11.7 Å². The highest BCUT2D eigenvalue weighted by Gasteiger charge is 2.32. The lowest BCUT2D eigenvalue weighted by Crippen LogP contribution is -2.48. The van der Waals surface area contributed by atoms with E-state index in [9.17, 15) is 4.79 Å². The number of hydrogen-bond acceptors (Lipinski definition) is 7. The lowest BCUT2D eigenvalue weighted by Gasteiger charge is -2.40. The summed E-state index contributed by atoms with van der Waals surface area (Å²) in [6.45, 7) is 3.59. The van der Waals surface area contributed by atoms with E-state index in [0.29, 0.717) is 0 Å². The molecule has 3 aromatic heterocycles. The van der Waals surface area contributed by atoms with Gasteiger partial charge >= 0.3 is 0 Å². The van der Waals surface area contributed by atoms with Gasteiger partial charge in [-0.25, -0.2) is 14.6 Å². The van der Waals surface area contributed by atoms with Crippen LogP contribution in [0.2, 0.25) is 0 Å². The fraction of sp³-hybridized carbons (Fsp3) is 0.357. The lowest BCUT2D eigenvalue weighted by atomic mass is 10.1. The molecule has 3 aromatic rings. The van der Waals surface area contributed by atoms with Crippen LogP contribution in [0.4, 0.5) is 5.82 Å². The monoisotopic (exact) mass is 329 g/mol. The van der Waals surface area contributed by atoms with E-state index in [1.54, 1.807) is 22.2 Å². The summed E-state index contributed by atoms with van der Waals surface area (Å²) >= 11 is 1.63. The van der Waals surface area contributed by atoms with Gasteiger partial charge < -0.3 is 10.6 Å². The lowest BCUT2D eigenvalue weighted by molar-refractivity contribution is 0.0995. The molecule has 0 spiro atoms. The third-order valence-corrected chi connectivity index (χ3v) is 4.77. The molecule has 1 aliphatic heterocycles. The molecule has 8 nitrogen and oxygen atoms in total. The van der Waals surface area contributed by atoms with Gasteiger partial charge in [-0.2, -0.15) is 0 Å². The molecule has 0 radical (unpaired) electrons. The second kappa shape index (κ2) is 5.27. The van der Waals surface area contributed by atoms with Crippen molar-refractivity contribution in [2.24, 2.45) is 5.73 Å². The second-order valence-electron chi connectivity index (χ2n) is 5.46. The molecule has 1 saturated heterocycles. The van der Waals surface area contributed by atoms with Crippen LogP contribution in [-0.2, 0) is 6.42 Å². The first-order valence-corrected chi connectivity index (χ1v) is 8.24. The summed E-state index contributed by atoms with van der Waals surface area (Å²) in [4.78, 5) is 23.6. The average Bonchev–Trinajstić information content (AvgIpc) is 3.14. The molecule has 0 atom stereocenters. The topological polar surface area (TPSA) is 103 Å². The molecule has 0 saturated carbocycles. The Morgan fingerprint density at radius 1 is 1.43 bits per heavy atom. The Morgan fingerprint density at radius 3 is 2.96 bits per heavy atom. The number of carbonyl (C=O) groups excluding carboxylic acids is 1. The van der Waals surface area contributed by atoms with Crippen LogP contribution in [-0.4, -0.2) is 44.0 Å². The minimum Gasteiger partial charge on any atom is -0.364 e. The van der Waals surface area contributed by atoms with E-state index < -0.39 is 5.91 Å². The number of fused-ring (bicyclic) bond motifs is 1. The number of anilines is 1. The largest absolute Gasteiger partial charge is 0.364 e. The first-order valence-electron chi connectivity index (χ1n) is 7.36. The number of nitrogens with two attached hydrogens (primary N) is 1. The van der Waals surface area contributed by atoms with Gasteiger partial charge in [0.1, 0.15) is 16.5 Å². The SMILES string of the molecule is CCc1nc(N2CC(n3cc(C(N)=O)nn3)C2)c2ccsc2n1. The van der Waals surface area contributed by atoms with Gasteiger partial charge in [-0.15, -0.1) is 16.4 Å². The first-order chi connectivity index (χ1) is 11.2. The maximum atomic E-state index is 11.1. The van der Waals surface area contributed by atoms with Crippen molar-refractivity contribution in [1.82, 2.24) is 25.0 Å². The van der Waals surface area contributed by atoms with E-state index in [1.165, 1.54) is 0 Å². The third-order valence-electron chi connectivity index (χ3n) is 3.97. The fourth-order valence-electron chi connectivity index (χ4n) is 2.65. The van der Waals surface area contributed by atoms with Crippen molar-refractivity contribution in [3.8, 4) is 0 Å². The smallest absolute Gasteiger partial charge is 0.270 e. The molecule has 1 aliphatic rings. The van der Waals surface area contributed by atoms with Gasteiger partial charge in [0, 0.05) is 19.5 Å². The predicted molar refractivity (Wildman–Crippen MR) is 86.6 cm³/mol. The Labute approximate surface area is 135 Å². The fourth-order valence-corrected chi connectivity index (χ4v) is 3.42. The molecular formula is C14H15N7OS. The van der Waals surface area contributed by atoms with Crippen LogP contribution in [0.25, 0.3) is 10.2 Å². The van der Waals surface area contributed by atoms with Gasteiger partial charge in [-0.3, -0.25) is 4.79 Å². The van der Waals surface area contributed by atoms with Gasteiger partial charge in [-0.1, -0.05) is 12.1 Å². The zero-order valence-corrected chi connectivity index (χ0v) is 13.3. The summed E-state index contributed by atoms with van der Waals surface area (Å²) in [7, 11) is 0. The van der Waals surface area contributed by atoms with Crippen LogP contribution in [0, 0.1) is 0 Å². The van der Waals surface area contributed by atoms with Gasteiger partial charge in [0.25, 0.3) is 5.91 Å². The van der Waals surface area contributed by atoms with Crippen LogP contribution in [0.3, 0.4) is 0 Å². The number of rotatable bonds is 4. The number of aromatic nitrogens is 5. The minimum absolute atomic E-state index is 0.171. The van der Waals surface area contributed by atoms with E-state index in [4.69, 9.17) is 5.73 Å². The zero-order valence-electron chi connectivity index (χ0n) is 12.5. The zero-order chi connectivity index (χ0) is 16.0. The predicted octanol–water partition coefficient (Wildman–Crippen LogP) is 1.01. The second-order valence-corrected chi connectivity index (χ2v) is 6.36. The van der Waals surface area contributed by atoms with Crippen molar-refractivity contribution in [1.29, 1.82) is 0 Å². The molecule has 1 fully saturated rings. The quantitative estimate of drug-likeness (QED) is 0.766. The van der Waals surface area contributed by atoms with Crippen LogP contribution < -0.4 is 10.6 Å². The van der Waals surface area contributed by atoms with Crippen LogP contribution in [0.1, 0.15) is 29.3 Å². The van der Waals surface area contributed by atoms with E-state index in [0.717, 1.165) is 41.4 Å². The molecule has 9 heteroatoms. The highest BCUT2D eigenvalue weighted by Crippen LogP contribution is 2.33. The summed E-state index contributed by atoms with van der Waals surface area (Å²) in [5, 5.41) is 10.9. The van der Waals surface area contributed by atoms with E-state index in [2.05, 4.69) is 38.2 Å². The molecule has 23 heavy (non-hydrogen) atoms. The summed E-state index contributed by atoms with van der Waals surface area (Å²) in [5.74, 6) is 1.27. The van der Waals surface area contributed by atoms with Gasteiger partial charge in [0.15, 0.2) is 5.69 Å². The number of hydrogen-bond donors (Lipinski definition) is 1. The number of thiophene rings is 1. The first kappa shape index (κ1) is 14.1. The molecule has 0 aliphatic carbocycles. The maximum Gasteiger partial charge on any atom is 0.270 e. The number of primary amides is 1. The standard InChI is InChI=1S/C14H15N7OS/c1-2-11-16-13(9-3-4-23-14(9)17-11)20-5-8(6-20)21-7-10(12(15)22)18-19-21/h3-4,7-8H,2,5-6H2,1H3,(H2,15,22). The number of amides is 1. The Morgan fingerprint density at radius 2 is 2.26 bits per heavy atom. The molecule has 4 heterocycles. The highest BCUT2D eigenvalue weighted by atomic mass is 32.1. The number of aryl methyl sites for hydroxylation is 1. The van der Waals surface area contributed by atoms with Crippen molar-refractivity contribution < 1.29 is 4.79 Å². The molecule has 0 bridgehead atoms. The van der Waals surface area contributed by atoms with Crippen LogP contribution in [0.5, 0.6) is 0 Å².